The van der Waals surface area contributed by atoms with E-state index >= 15 is 0 Å². The van der Waals surface area contributed by atoms with Crippen LogP contribution in [0.4, 0.5) is 10.1 Å². The largest absolute Gasteiger partial charge is 0.366 e. The lowest BCUT2D eigenvalue weighted by molar-refractivity contribution is -0.119. The molecule has 7 heteroatoms. The summed E-state index contributed by atoms with van der Waals surface area (Å²) in [7, 11) is 0. The molecule has 1 saturated heterocycles. The minimum absolute atomic E-state index is 0.0674. The second-order valence-electron chi connectivity index (χ2n) is 5.95. The van der Waals surface area contributed by atoms with Gasteiger partial charge in [0, 0.05) is 39.3 Å². The van der Waals surface area contributed by atoms with Gasteiger partial charge in [-0.25, -0.2) is 9.38 Å². The molecule has 1 heterocycles. The molecule has 0 saturated carbocycles. The first kappa shape index (κ1) is 19.0. The monoisotopic (exact) mass is 349 g/mol. The molecule has 1 aliphatic heterocycles. The lowest BCUT2D eigenvalue weighted by Crippen LogP contribution is -2.53. The molecular weight excluding hydrogens is 321 g/mol. The van der Waals surface area contributed by atoms with Crippen LogP contribution in [0.1, 0.15) is 20.3 Å². The maximum Gasteiger partial charge on any atom is 0.241 e. The van der Waals surface area contributed by atoms with E-state index in [1.165, 1.54) is 6.07 Å². The molecule has 0 atom stereocenters. The summed E-state index contributed by atoms with van der Waals surface area (Å²) in [4.78, 5) is 20.3. The Morgan fingerprint density at radius 1 is 1.16 bits per heavy atom. The Balaban J connectivity index is 1.93. The van der Waals surface area contributed by atoms with Gasteiger partial charge in [0.25, 0.3) is 0 Å². The van der Waals surface area contributed by atoms with Crippen LogP contribution < -0.4 is 15.5 Å². The van der Waals surface area contributed by atoms with Gasteiger partial charge in [0.1, 0.15) is 12.4 Å². The molecule has 0 aromatic heterocycles. The third-order valence-electron chi connectivity index (χ3n) is 4.05. The molecule has 0 radical (unpaired) electrons. The number of carbonyl (C=O) groups is 1. The highest BCUT2D eigenvalue weighted by atomic mass is 19.1. The minimum Gasteiger partial charge on any atom is -0.366 e. The molecule has 1 amide bonds. The van der Waals surface area contributed by atoms with Crippen molar-refractivity contribution in [1.29, 1.82) is 0 Å². The number of piperazine rings is 1. The summed E-state index contributed by atoms with van der Waals surface area (Å²) in [6.07, 6.45) is 0.910. The van der Waals surface area contributed by atoms with E-state index in [1.807, 2.05) is 30.9 Å². The molecule has 1 fully saturated rings. The highest BCUT2D eigenvalue weighted by molar-refractivity contribution is 5.85. The molecule has 1 aromatic carbocycles. The normalized spacial score (nSPS) is 15.2. The molecule has 2 N–H and O–H groups in total. The van der Waals surface area contributed by atoms with Crippen LogP contribution in [-0.2, 0) is 4.79 Å². The van der Waals surface area contributed by atoms with Gasteiger partial charge in [0.05, 0.1) is 5.69 Å². The van der Waals surface area contributed by atoms with Gasteiger partial charge in [-0.3, -0.25) is 4.79 Å². The Morgan fingerprint density at radius 2 is 1.88 bits per heavy atom. The number of nitrogens with zero attached hydrogens (tertiary/aromatic N) is 3. The summed E-state index contributed by atoms with van der Waals surface area (Å²) in [5.74, 6) is 0.480. The van der Waals surface area contributed by atoms with Crippen LogP contribution in [0.15, 0.2) is 29.3 Å². The number of benzene rings is 1. The van der Waals surface area contributed by atoms with Crippen LogP contribution in [0.2, 0.25) is 0 Å². The van der Waals surface area contributed by atoms with Gasteiger partial charge >= 0.3 is 0 Å². The van der Waals surface area contributed by atoms with Crippen LogP contribution >= 0.6 is 0 Å². The van der Waals surface area contributed by atoms with Gasteiger partial charge in [-0.05, 0) is 25.5 Å². The fourth-order valence-electron chi connectivity index (χ4n) is 2.76. The number of aliphatic imine (C=N–C) groups is 1. The standard InChI is InChI=1S/C18H28FN5O/c1-3-9-21-17(25)14-22-18(20-4-2)24-12-10-23(11-13-24)16-8-6-5-7-15(16)19/h5-8H,3-4,9-14H2,1-2H3,(H,20,22)(H,21,25). The first-order chi connectivity index (χ1) is 12.2. The Kier molecular flexibility index (Phi) is 7.50. The average Bonchev–Trinajstić information content (AvgIpc) is 2.64. The molecule has 0 unspecified atom stereocenters. The van der Waals surface area contributed by atoms with Crippen molar-refractivity contribution >= 4 is 17.6 Å². The number of anilines is 1. The summed E-state index contributed by atoms with van der Waals surface area (Å²) in [5, 5.41) is 6.06. The number of carbonyl (C=O) groups excluding carboxylic acids is 1. The number of halogens is 1. The first-order valence-electron chi connectivity index (χ1n) is 8.95. The molecule has 1 aliphatic rings. The fourth-order valence-corrected chi connectivity index (χ4v) is 2.76. The molecule has 0 aliphatic carbocycles. The molecule has 0 spiro atoms. The number of hydrogen-bond donors (Lipinski definition) is 2. The second kappa shape index (κ2) is 9.86. The summed E-state index contributed by atoms with van der Waals surface area (Å²) in [5.41, 5.74) is 0.642. The van der Waals surface area contributed by atoms with E-state index < -0.39 is 0 Å². The lowest BCUT2D eigenvalue weighted by atomic mass is 10.2. The molecule has 1 aromatic rings. The Labute approximate surface area is 149 Å². The predicted octanol–water partition coefficient (Wildman–Crippen LogP) is 1.44. The van der Waals surface area contributed by atoms with Crippen LogP contribution in [-0.4, -0.2) is 62.6 Å². The van der Waals surface area contributed by atoms with E-state index in [-0.39, 0.29) is 18.3 Å². The number of guanidine groups is 1. The number of hydrogen-bond acceptors (Lipinski definition) is 3. The zero-order valence-electron chi connectivity index (χ0n) is 15.1. The second-order valence-corrected chi connectivity index (χ2v) is 5.95. The van der Waals surface area contributed by atoms with Crippen LogP contribution in [0, 0.1) is 5.82 Å². The topological polar surface area (TPSA) is 60.0 Å². The van der Waals surface area contributed by atoms with Crippen molar-refractivity contribution in [3.8, 4) is 0 Å². The van der Waals surface area contributed by atoms with Crippen LogP contribution in [0.3, 0.4) is 0 Å². The molecule has 138 valence electrons. The minimum atomic E-state index is -0.191. The van der Waals surface area contributed by atoms with E-state index in [1.54, 1.807) is 6.07 Å². The molecule has 0 bridgehead atoms. The van der Waals surface area contributed by atoms with Crippen LogP contribution in [0.25, 0.3) is 0 Å². The summed E-state index contributed by atoms with van der Waals surface area (Å²) >= 11 is 0. The van der Waals surface area contributed by atoms with Gasteiger partial charge in [-0.15, -0.1) is 0 Å². The van der Waals surface area contributed by atoms with E-state index in [4.69, 9.17) is 0 Å². The van der Waals surface area contributed by atoms with Gasteiger partial charge in [-0.1, -0.05) is 19.1 Å². The summed E-state index contributed by atoms with van der Waals surface area (Å²) in [6, 6.07) is 6.85. The molecule has 2 rings (SSSR count). The summed E-state index contributed by atoms with van der Waals surface area (Å²) < 4.78 is 13.9. The van der Waals surface area contributed by atoms with E-state index in [0.29, 0.717) is 25.3 Å². The summed E-state index contributed by atoms with van der Waals surface area (Å²) in [6.45, 7) is 8.45. The van der Waals surface area contributed by atoms with Crippen molar-refractivity contribution in [1.82, 2.24) is 15.5 Å². The van der Waals surface area contributed by atoms with E-state index in [0.717, 1.165) is 32.0 Å². The van der Waals surface area contributed by atoms with Crippen molar-refractivity contribution in [3.63, 3.8) is 0 Å². The smallest absolute Gasteiger partial charge is 0.241 e. The van der Waals surface area contributed by atoms with Crippen LogP contribution in [0.5, 0.6) is 0 Å². The highest BCUT2D eigenvalue weighted by Crippen LogP contribution is 2.20. The van der Waals surface area contributed by atoms with Gasteiger partial charge in [-0.2, -0.15) is 0 Å². The maximum atomic E-state index is 13.9. The predicted molar refractivity (Wildman–Crippen MR) is 99.5 cm³/mol. The van der Waals surface area contributed by atoms with Crippen molar-refractivity contribution in [3.05, 3.63) is 30.1 Å². The first-order valence-corrected chi connectivity index (χ1v) is 8.95. The Bertz CT molecular complexity index is 585. The maximum absolute atomic E-state index is 13.9. The van der Waals surface area contributed by atoms with Gasteiger partial charge in [0.15, 0.2) is 5.96 Å². The van der Waals surface area contributed by atoms with E-state index in [2.05, 4.69) is 20.5 Å². The average molecular weight is 349 g/mol. The Hall–Kier alpha value is -2.31. The van der Waals surface area contributed by atoms with Crippen molar-refractivity contribution in [2.45, 2.75) is 20.3 Å². The number of rotatable bonds is 6. The van der Waals surface area contributed by atoms with Crippen molar-refractivity contribution in [2.75, 3.05) is 50.7 Å². The van der Waals surface area contributed by atoms with Gasteiger partial charge in [0.2, 0.25) is 5.91 Å². The third-order valence-corrected chi connectivity index (χ3v) is 4.05. The van der Waals surface area contributed by atoms with Gasteiger partial charge < -0.3 is 20.4 Å². The number of nitrogens with one attached hydrogen (secondary N) is 2. The lowest BCUT2D eigenvalue weighted by Gasteiger charge is -2.37. The van der Waals surface area contributed by atoms with Crippen molar-refractivity contribution < 1.29 is 9.18 Å². The zero-order chi connectivity index (χ0) is 18.1. The number of para-hydroxylation sites is 1. The highest BCUT2D eigenvalue weighted by Gasteiger charge is 2.21. The zero-order valence-corrected chi connectivity index (χ0v) is 15.1. The quantitative estimate of drug-likeness (QED) is 0.603. The fraction of sp³-hybridized carbons (Fsp3) is 0.556. The SMILES string of the molecule is CCCNC(=O)CN=C(NCC)N1CCN(c2ccccc2F)CC1. The van der Waals surface area contributed by atoms with E-state index in [9.17, 15) is 9.18 Å². The third kappa shape index (κ3) is 5.62. The molecule has 25 heavy (non-hydrogen) atoms. The number of amides is 1. The molecular formula is C18H28FN5O. The molecule has 6 nitrogen and oxygen atoms in total. The van der Waals surface area contributed by atoms with Crippen molar-refractivity contribution in [2.24, 2.45) is 4.99 Å². The Morgan fingerprint density at radius 3 is 2.52 bits per heavy atom.